The third-order valence-electron chi connectivity index (χ3n) is 4.30. The van der Waals surface area contributed by atoms with Crippen LogP contribution < -0.4 is 20.1 Å². The minimum Gasteiger partial charge on any atom is -0.454 e. The lowest BCUT2D eigenvalue weighted by molar-refractivity contribution is 0.174. The van der Waals surface area contributed by atoms with Crippen molar-refractivity contribution in [3.63, 3.8) is 0 Å². The molecule has 2 N–H and O–H groups in total. The highest BCUT2D eigenvalue weighted by atomic mass is 16.7. The van der Waals surface area contributed by atoms with Gasteiger partial charge in [0.2, 0.25) is 12.7 Å². The van der Waals surface area contributed by atoms with E-state index in [1.54, 1.807) is 0 Å². The van der Waals surface area contributed by atoms with Crippen molar-refractivity contribution in [2.75, 3.05) is 17.4 Å². The first-order chi connectivity index (χ1) is 13.2. The molecule has 2 aromatic carbocycles. The average Bonchev–Trinajstić information content (AvgIpc) is 3.12. The Morgan fingerprint density at radius 1 is 0.852 bits per heavy atom. The van der Waals surface area contributed by atoms with Crippen LogP contribution in [-0.2, 0) is 13.1 Å². The third kappa shape index (κ3) is 4.28. The van der Waals surface area contributed by atoms with Crippen LogP contribution in [0.3, 0.4) is 0 Å². The van der Waals surface area contributed by atoms with Crippen molar-refractivity contribution < 1.29 is 9.47 Å². The van der Waals surface area contributed by atoms with Gasteiger partial charge in [0.15, 0.2) is 11.5 Å². The number of benzene rings is 2. The average molecular weight is 362 g/mol. The zero-order valence-electron chi connectivity index (χ0n) is 15.5. The summed E-state index contributed by atoms with van der Waals surface area (Å²) in [7, 11) is 0. The van der Waals surface area contributed by atoms with E-state index in [-0.39, 0.29) is 6.79 Å². The lowest BCUT2D eigenvalue weighted by Gasteiger charge is -2.11. The molecule has 1 aromatic heterocycles. The summed E-state index contributed by atoms with van der Waals surface area (Å²) in [5.74, 6) is 2.96. The van der Waals surface area contributed by atoms with E-state index in [1.165, 1.54) is 11.1 Å². The Morgan fingerprint density at radius 2 is 1.67 bits per heavy atom. The molecule has 27 heavy (non-hydrogen) atoms. The SMILES string of the molecule is Cc1cccc(CNc2cc(C)nc(NCc3ccc4c(c3)OCO4)n2)c1. The van der Waals surface area contributed by atoms with Crippen molar-refractivity contribution >= 4 is 11.8 Å². The lowest BCUT2D eigenvalue weighted by Crippen LogP contribution is -2.08. The monoisotopic (exact) mass is 362 g/mol. The largest absolute Gasteiger partial charge is 0.454 e. The van der Waals surface area contributed by atoms with E-state index >= 15 is 0 Å². The summed E-state index contributed by atoms with van der Waals surface area (Å²) in [6.07, 6.45) is 0. The topological polar surface area (TPSA) is 68.3 Å². The molecule has 0 amide bonds. The smallest absolute Gasteiger partial charge is 0.231 e. The molecule has 1 aliphatic rings. The summed E-state index contributed by atoms with van der Waals surface area (Å²) in [6, 6.07) is 16.3. The number of hydrogen-bond acceptors (Lipinski definition) is 6. The number of rotatable bonds is 6. The Labute approximate surface area is 158 Å². The molecule has 0 saturated heterocycles. The number of aromatic nitrogens is 2. The highest BCUT2D eigenvalue weighted by Gasteiger charge is 2.13. The first-order valence-electron chi connectivity index (χ1n) is 8.93. The van der Waals surface area contributed by atoms with Crippen LogP contribution >= 0.6 is 0 Å². The van der Waals surface area contributed by atoms with Crippen molar-refractivity contribution in [2.24, 2.45) is 0 Å². The van der Waals surface area contributed by atoms with Gasteiger partial charge in [-0.3, -0.25) is 0 Å². The van der Waals surface area contributed by atoms with Crippen LogP contribution in [-0.4, -0.2) is 16.8 Å². The second-order valence-corrected chi connectivity index (χ2v) is 6.60. The zero-order valence-corrected chi connectivity index (χ0v) is 15.5. The fraction of sp³-hybridized carbons (Fsp3) is 0.238. The normalized spacial score (nSPS) is 12.1. The summed E-state index contributed by atoms with van der Waals surface area (Å²) < 4.78 is 10.8. The fourth-order valence-electron chi connectivity index (χ4n) is 2.98. The molecule has 0 atom stereocenters. The molecule has 0 saturated carbocycles. The summed E-state index contributed by atoms with van der Waals surface area (Å²) in [5, 5.41) is 6.66. The quantitative estimate of drug-likeness (QED) is 0.690. The summed E-state index contributed by atoms with van der Waals surface area (Å²) in [6.45, 7) is 5.67. The van der Waals surface area contributed by atoms with Crippen LogP contribution in [0.15, 0.2) is 48.5 Å². The van der Waals surface area contributed by atoms with Crippen LogP contribution in [0.1, 0.15) is 22.4 Å². The number of nitrogens with one attached hydrogen (secondary N) is 2. The number of ether oxygens (including phenoxy) is 2. The van der Waals surface area contributed by atoms with Crippen LogP contribution in [0.25, 0.3) is 0 Å². The molecular formula is C21H22N4O2. The zero-order chi connectivity index (χ0) is 18.6. The van der Waals surface area contributed by atoms with E-state index in [4.69, 9.17) is 9.47 Å². The van der Waals surface area contributed by atoms with Crippen molar-refractivity contribution in [3.8, 4) is 11.5 Å². The molecule has 0 unspecified atom stereocenters. The third-order valence-corrected chi connectivity index (χ3v) is 4.30. The predicted octanol–water partition coefficient (Wildman–Crippen LogP) is 4.05. The molecule has 138 valence electrons. The van der Waals surface area contributed by atoms with E-state index in [0.717, 1.165) is 35.1 Å². The molecule has 6 heteroatoms. The van der Waals surface area contributed by atoms with E-state index < -0.39 is 0 Å². The maximum atomic E-state index is 5.42. The molecule has 0 aliphatic carbocycles. The maximum absolute atomic E-state index is 5.42. The fourth-order valence-corrected chi connectivity index (χ4v) is 2.98. The molecule has 0 bridgehead atoms. The summed E-state index contributed by atoms with van der Waals surface area (Å²) in [5.41, 5.74) is 4.46. The second kappa shape index (κ2) is 7.53. The van der Waals surface area contributed by atoms with Crippen molar-refractivity contribution in [1.82, 2.24) is 9.97 Å². The molecule has 0 radical (unpaired) electrons. The first kappa shape index (κ1) is 17.1. The van der Waals surface area contributed by atoms with Crippen LogP contribution in [0, 0.1) is 13.8 Å². The van der Waals surface area contributed by atoms with Gasteiger partial charge in [-0.1, -0.05) is 35.9 Å². The van der Waals surface area contributed by atoms with Gasteiger partial charge in [-0.05, 0) is 37.1 Å². The number of aryl methyl sites for hydroxylation is 2. The van der Waals surface area contributed by atoms with Gasteiger partial charge in [-0.15, -0.1) is 0 Å². The van der Waals surface area contributed by atoms with E-state index in [0.29, 0.717) is 12.5 Å². The van der Waals surface area contributed by atoms with Gasteiger partial charge >= 0.3 is 0 Å². The molecule has 1 aliphatic heterocycles. The summed E-state index contributed by atoms with van der Waals surface area (Å²) in [4.78, 5) is 9.04. The van der Waals surface area contributed by atoms with Gasteiger partial charge in [0.1, 0.15) is 5.82 Å². The minimum absolute atomic E-state index is 0.281. The molecule has 3 aromatic rings. The van der Waals surface area contributed by atoms with Gasteiger partial charge in [-0.2, -0.15) is 4.98 Å². The number of anilines is 2. The van der Waals surface area contributed by atoms with E-state index in [2.05, 4.69) is 51.8 Å². The van der Waals surface area contributed by atoms with E-state index in [1.807, 2.05) is 31.2 Å². The highest BCUT2D eigenvalue weighted by Crippen LogP contribution is 2.32. The van der Waals surface area contributed by atoms with Crippen LogP contribution in [0.5, 0.6) is 11.5 Å². The number of hydrogen-bond donors (Lipinski definition) is 2. The Morgan fingerprint density at radius 3 is 2.56 bits per heavy atom. The van der Waals surface area contributed by atoms with Gasteiger partial charge in [0.05, 0.1) is 0 Å². The molecule has 2 heterocycles. The van der Waals surface area contributed by atoms with Crippen LogP contribution in [0.4, 0.5) is 11.8 Å². The highest BCUT2D eigenvalue weighted by molar-refractivity contribution is 5.46. The minimum atomic E-state index is 0.281. The standard InChI is InChI=1S/C21H22N4O2/c1-14-4-3-5-16(8-14)11-22-20-9-15(2)24-21(25-20)23-12-17-6-7-18-19(10-17)27-13-26-18/h3-10H,11-13H2,1-2H3,(H2,22,23,24,25). The van der Waals surface area contributed by atoms with Gasteiger partial charge in [-0.25, -0.2) is 4.98 Å². The van der Waals surface area contributed by atoms with Crippen molar-refractivity contribution in [3.05, 3.63) is 70.9 Å². The van der Waals surface area contributed by atoms with Crippen LogP contribution in [0.2, 0.25) is 0 Å². The second-order valence-electron chi connectivity index (χ2n) is 6.60. The molecule has 4 rings (SSSR count). The Bertz CT molecular complexity index is 959. The van der Waals surface area contributed by atoms with E-state index in [9.17, 15) is 0 Å². The molecular weight excluding hydrogens is 340 g/mol. The Balaban J connectivity index is 1.41. The lowest BCUT2D eigenvalue weighted by atomic mass is 10.1. The molecule has 0 spiro atoms. The van der Waals surface area contributed by atoms with Crippen molar-refractivity contribution in [1.29, 1.82) is 0 Å². The first-order valence-corrected chi connectivity index (χ1v) is 8.93. The molecule has 0 fully saturated rings. The predicted molar refractivity (Wildman–Crippen MR) is 105 cm³/mol. The maximum Gasteiger partial charge on any atom is 0.231 e. The number of nitrogens with zero attached hydrogens (tertiary/aromatic N) is 2. The van der Waals surface area contributed by atoms with Crippen molar-refractivity contribution in [2.45, 2.75) is 26.9 Å². The summed E-state index contributed by atoms with van der Waals surface area (Å²) >= 11 is 0. The van der Waals surface area contributed by atoms with Gasteiger partial charge < -0.3 is 20.1 Å². The molecule has 6 nitrogen and oxygen atoms in total. The van der Waals surface area contributed by atoms with Gasteiger partial charge in [0.25, 0.3) is 0 Å². The Hall–Kier alpha value is -3.28. The van der Waals surface area contributed by atoms with Gasteiger partial charge in [0, 0.05) is 24.8 Å². The Kier molecular flexibility index (Phi) is 4.78. The number of fused-ring (bicyclic) bond motifs is 1.